The summed E-state index contributed by atoms with van der Waals surface area (Å²) >= 11 is 1.68. The molecule has 6 nitrogen and oxygen atoms in total. The largest absolute Gasteiger partial charge is 0.333 e. The van der Waals surface area contributed by atoms with Gasteiger partial charge in [-0.3, -0.25) is 4.79 Å². The smallest absolute Gasteiger partial charge is 0.226 e. The van der Waals surface area contributed by atoms with Crippen LogP contribution in [0.5, 0.6) is 0 Å². The topological polar surface area (TPSA) is 63.4 Å². The van der Waals surface area contributed by atoms with Gasteiger partial charge in [-0.2, -0.15) is 4.52 Å². The number of fused-ring (bicyclic) bond motifs is 3. The van der Waals surface area contributed by atoms with Gasteiger partial charge in [-0.15, -0.1) is 16.4 Å². The molecular formula is C21H21N5OS. The number of thiophene rings is 1. The van der Waals surface area contributed by atoms with Crippen LogP contribution < -0.4 is 0 Å². The number of aromatic nitrogens is 4. The van der Waals surface area contributed by atoms with E-state index in [0.717, 1.165) is 35.0 Å². The molecular weight excluding hydrogens is 370 g/mol. The van der Waals surface area contributed by atoms with Crippen molar-refractivity contribution in [2.24, 2.45) is 5.92 Å². The van der Waals surface area contributed by atoms with Gasteiger partial charge in [-0.1, -0.05) is 18.2 Å². The van der Waals surface area contributed by atoms with Gasteiger partial charge in [-0.25, -0.2) is 0 Å². The summed E-state index contributed by atoms with van der Waals surface area (Å²) in [5, 5.41) is 15.6. The van der Waals surface area contributed by atoms with Gasteiger partial charge < -0.3 is 4.90 Å². The maximum atomic E-state index is 12.9. The van der Waals surface area contributed by atoms with Gasteiger partial charge in [0.05, 0.1) is 12.1 Å². The number of hydrogen-bond donors (Lipinski definition) is 0. The third kappa shape index (κ3) is 2.96. The van der Waals surface area contributed by atoms with Crippen LogP contribution in [-0.4, -0.2) is 30.8 Å². The Kier molecular flexibility index (Phi) is 4.12. The van der Waals surface area contributed by atoms with E-state index in [-0.39, 0.29) is 11.8 Å². The zero-order valence-corrected chi connectivity index (χ0v) is 16.7. The SMILES string of the molecule is Cc1ccc2cc(CN(Cc3cccs3)C(=O)C3CC3)c3nnnn3c2c1C. The third-order valence-electron chi connectivity index (χ3n) is 5.56. The van der Waals surface area contributed by atoms with Crippen molar-refractivity contribution in [1.82, 2.24) is 24.9 Å². The summed E-state index contributed by atoms with van der Waals surface area (Å²) in [4.78, 5) is 16.1. The molecule has 1 aliphatic carbocycles. The average Bonchev–Trinajstić information content (AvgIpc) is 3.19. The lowest BCUT2D eigenvalue weighted by atomic mass is 10.0. The average molecular weight is 392 g/mol. The molecule has 0 radical (unpaired) electrons. The van der Waals surface area contributed by atoms with E-state index < -0.39 is 0 Å². The van der Waals surface area contributed by atoms with Crippen LogP contribution in [0.4, 0.5) is 0 Å². The highest BCUT2D eigenvalue weighted by atomic mass is 32.1. The van der Waals surface area contributed by atoms with Gasteiger partial charge >= 0.3 is 0 Å². The van der Waals surface area contributed by atoms with E-state index in [2.05, 4.69) is 59.0 Å². The number of carbonyl (C=O) groups is 1. The molecule has 4 aromatic rings. The minimum Gasteiger partial charge on any atom is -0.333 e. The molecule has 7 heteroatoms. The van der Waals surface area contributed by atoms with Crippen LogP contribution in [-0.2, 0) is 17.9 Å². The van der Waals surface area contributed by atoms with E-state index in [9.17, 15) is 4.79 Å². The molecule has 1 aromatic carbocycles. The highest BCUT2D eigenvalue weighted by molar-refractivity contribution is 7.09. The normalized spacial score (nSPS) is 14.1. The minimum atomic E-state index is 0.178. The van der Waals surface area contributed by atoms with Gasteiger partial charge in [-0.05, 0) is 65.8 Å². The monoisotopic (exact) mass is 391 g/mol. The predicted molar refractivity (Wildman–Crippen MR) is 109 cm³/mol. The first-order chi connectivity index (χ1) is 13.6. The second kappa shape index (κ2) is 6.67. The fraction of sp³-hybridized carbons (Fsp3) is 0.333. The lowest BCUT2D eigenvalue weighted by Gasteiger charge is -2.23. The first kappa shape index (κ1) is 17.3. The fourth-order valence-electron chi connectivity index (χ4n) is 3.72. The molecule has 0 spiro atoms. The first-order valence-electron chi connectivity index (χ1n) is 9.53. The van der Waals surface area contributed by atoms with E-state index in [1.165, 1.54) is 16.0 Å². The number of tetrazole rings is 1. The molecule has 0 saturated heterocycles. The summed E-state index contributed by atoms with van der Waals surface area (Å²) in [6.45, 7) is 5.33. The van der Waals surface area contributed by atoms with Crippen molar-refractivity contribution >= 4 is 33.8 Å². The van der Waals surface area contributed by atoms with Gasteiger partial charge in [0, 0.05) is 28.3 Å². The first-order valence-corrected chi connectivity index (χ1v) is 10.4. The lowest BCUT2D eigenvalue weighted by Crippen LogP contribution is -2.31. The quantitative estimate of drug-likeness (QED) is 0.518. The Labute approximate surface area is 166 Å². The van der Waals surface area contributed by atoms with E-state index in [0.29, 0.717) is 13.1 Å². The number of rotatable bonds is 5. The number of carbonyl (C=O) groups excluding carboxylic acids is 1. The minimum absolute atomic E-state index is 0.178. The van der Waals surface area contributed by atoms with Crippen molar-refractivity contribution in [3.63, 3.8) is 0 Å². The Bertz CT molecular complexity index is 1180. The van der Waals surface area contributed by atoms with Crippen molar-refractivity contribution in [2.45, 2.75) is 39.8 Å². The predicted octanol–water partition coefficient (Wildman–Crippen LogP) is 3.89. The zero-order chi connectivity index (χ0) is 19.3. The number of nitrogens with zero attached hydrogens (tertiary/aromatic N) is 5. The van der Waals surface area contributed by atoms with Crippen LogP contribution in [0.1, 0.15) is 34.4 Å². The number of amides is 1. The molecule has 0 aliphatic heterocycles. The molecule has 0 bridgehead atoms. The molecule has 3 heterocycles. The van der Waals surface area contributed by atoms with Crippen LogP contribution in [0.15, 0.2) is 35.7 Å². The second-order valence-corrected chi connectivity index (χ2v) is 8.61. The van der Waals surface area contributed by atoms with E-state index >= 15 is 0 Å². The van der Waals surface area contributed by atoms with Crippen LogP contribution in [0.25, 0.3) is 16.6 Å². The number of hydrogen-bond acceptors (Lipinski definition) is 5. The van der Waals surface area contributed by atoms with Gasteiger partial charge in [0.15, 0.2) is 5.65 Å². The Morgan fingerprint density at radius 3 is 2.86 bits per heavy atom. The molecule has 5 rings (SSSR count). The van der Waals surface area contributed by atoms with Gasteiger partial charge in [0.25, 0.3) is 0 Å². The van der Waals surface area contributed by atoms with Crippen LogP contribution in [0.2, 0.25) is 0 Å². The molecule has 3 aromatic heterocycles. The van der Waals surface area contributed by atoms with Crippen molar-refractivity contribution < 1.29 is 4.79 Å². The molecule has 0 N–H and O–H groups in total. The highest BCUT2D eigenvalue weighted by Gasteiger charge is 2.34. The molecule has 0 atom stereocenters. The molecule has 1 amide bonds. The Hall–Kier alpha value is -2.80. The molecule has 0 unspecified atom stereocenters. The second-order valence-electron chi connectivity index (χ2n) is 7.58. The van der Waals surface area contributed by atoms with Crippen LogP contribution in [0.3, 0.4) is 0 Å². The van der Waals surface area contributed by atoms with Crippen molar-refractivity contribution in [2.75, 3.05) is 0 Å². The zero-order valence-electron chi connectivity index (χ0n) is 15.9. The summed E-state index contributed by atoms with van der Waals surface area (Å²) in [5.41, 5.74) is 5.11. The molecule has 1 saturated carbocycles. The maximum Gasteiger partial charge on any atom is 0.226 e. The van der Waals surface area contributed by atoms with E-state index in [1.807, 2.05) is 15.5 Å². The Balaban J connectivity index is 1.59. The van der Waals surface area contributed by atoms with Crippen molar-refractivity contribution in [3.8, 4) is 0 Å². The standard InChI is InChI=1S/C21H21N5OS/c1-13-5-6-16-10-17(20-22-23-24-26(20)19(16)14(13)2)11-25(21(27)15-7-8-15)12-18-4-3-9-28-18/h3-6,9-10,15H,7-8,11-12H2,1-2H3. The summed E-state index contributed by atoms with van der Waals surface area (Å²) in [7, 11) is 0. The highest BCUT2D eigenvalue weighted by Crippen LogP contribution is 2.33. The summed E-state index contributed by atoms with van der Waals surface area (Å²) in [6, 6.07) is 10.5. The Morgan fingerprint density at radius 2 is 2.11 bits per heavy atom. The van der Waals surface area contributed by atoms with Gasteiger partial charge in [0.2, 0.25) is 5.91 Å². The van der Waals surface area contributed by atoms with Crippen LogP contribution >= 0.6 is 11.3 Å². The number of pyridine rings is 1. The molecule has 1 aliphatic rings. The van der Waals surface area contributed by atoms with Gasteiger partial charge in [0.1, 0.15) is 0 Å². The van der Waals surface area contributed by atoms with Crippen LogP contribution in [0, 0.1) is 19.8 Å². The Morgan fingerprint density at radius 1 is 1.25 bits per heavy atom. The molecule has 1 fully saturated rings. The summed E-state index contributed by atoms with van der Waals surface area (Å²) in [6.07, 6.45) is 2.00. The number of aryl methyl sites for hydroxylation is 2. The summed E-state index contributed by atoms with van der Waals surface area (Å²) < 4.78 is 1.82. The lowest BCUT2D eigenvalue weighted by molar-refractivity contribution is -0.133. The van der Waals surface area contributed by atoms with Crippen molar-refractivity contribution in [3.05, 3.63) is 57.3 Å². The van der Waals surface area contributed by atoms with E-state index in [1.54, 1.807) is 11.3 Å². The number of benzene rings is 1. The maximum absolute atomic E-state index is 12.9. The summed E-state index contributed by atoms with van der Waals surface area (Å²) in [5.74, 6) is 0.413. The van der Waals surface area contributed by atoms with E-state index in [4.69, 9.17) is 0 Å². The third-order valence-corrected chi connectivity index (χ3v) is 6.42. The molecule has 28 heavy (non-hydrogen) atoms. The fourth-order valence-corrected chi connectivity index (χ4v) is 4.44. The molecule has 142 valence electrons. The van der Waals surface area contributed by atoms with Crippen molar-refractivity contribution in [1.29, 1.82) is 0 Å².